The maximum atomic E-state index is 13.0. The fourth-order valence-electron chi connectivity index (χ4n) is 7.25. The number of phosphoric ester groups is 2. The second-order valence-electron chi connectivity index (χ2n) is 16.8. The molecule has 8 atom stereocenters. The molecule has 0 bridgehead atoms. The molecule has 370 valence electrons. The smallest absolute Gasteiger partial charge is 0.462 e. The molecule has 1 fully saturated rings. The average Bonchev–Trinajstić information content (AvgIpc) is 3.23. The molecule has 0 saturated heterocycles. The van der Waals surface area contributed by atoms with Crippen LogP contribution in [0.4, 0.5) is 0 Å². The number of carbonyl (C=O) groups excluding carboxylic acids is 2. The van der Waals surface area contributed by atoms with Gasteiger partial charge in [-0.1, -0.05) is 141 Å². The minimum Gasteiger partial charge on any atom is -0.462 e. The van der Waals surface area contributed by atoms with Crippen molar-refractivity contribution in [3.05, 3.63) is 24.3 Å². The zero-order valence-corrected chi connectivity index (χ0v) is 40.1. The highest BCUT2D eigenvalue weighted by Gasteiger charge is 2.54. The van der Waals surface area contributed by atoms with E-state index in [0.717, 1.165) is 77.0 Å². The van der Waals surface area contributed by atoms with Crippen molar-refractivity contribution in [1.29, 1.82) is 0 Å². The highest BCUT2D eigenvalue weighted by atomic mass is 31.2. The van der Waals surface area contributed by atoms with E-state index in [2.05, 4.69) is 42.7 Å². The first-order valence-corrected chi connectivity index (χ1v) is 26.9. The Balaban J connectivity index is 2.60. The van der Waals surface area contributed by atoms with Gasteiger partial charge in [-0.25, -0.2) is 9.13 Å². The molecule has 63 heavy (non-hydrogen) atoms. The molecule has 18 heteroatoms. The molecule has 5 unspecified atom stereocenters. The van der Waals surface area contributed by atoms with Gasteiger partial charge in [0.15, 0.2) is 6.10 Å². The van der Waals surface area contributed by atoms with Crippen LogP contribution < -0.4 is 0 Å². The average molecular weight is 943 g/mol. The van der Waals surface area contributed by atoms with E-state index in [-0.39, 0.29) is 12.8 Å². The van der Waals surface area contributed by atoms with Gasteiger partial charge in [0.25, 0.3) is 0 Å². The topological polar surface area (TPSA) is 256 Å². The van der Waals surface area contributed by atoms with E-state index in [1.165, 1.54) is 77.0 Å². The maximum absolute atomic E-state index is 13.0. The number of aliphatic hydroxyl groups is 4. The number of ether oxygens (including phenoxy) is 2. The number of hydrogen-bond acceptors (Lipinski definition) is 13. The molecule has 7 N–H and O–H groups in total. The lowest BCUT2D eigenvalue weighted by molar-refractivity contribution is -0.216. The quantitative estimate of drug-likeness (QED) is 0.0131. The van der Waals surface area contributed by atoms with E-state index in [0.29, 0.717) is 12.8 Å². The second-order valence-corrected chi connectivity index (χ2v) is 19.4. The third-order valence-electron chi connectivity index (χ3n) is 11.0. The third kappa shape index (κ3) is 31.2. The summed E-state index contributed by atoms with van der Waals surface area (Å²) in [5.74, 6) is -1.22. The first-order chi connectivity index (χ1) is 30.1. The third-order valence-corrected chi connectivity index (χ3v) is 12.5. The van der Waals surface area contributed by atoms with E-state index >= 15 is 0 Å². The van der Waals surface area contributed by atoms with Gasteiger partial charge in [-0.05, 0) is 64.2 Å². The molecule has 0 radical (unpaired) electrons. The number of unbranched alkanes of at least 4 members (excludes halogenated alkanes) is 22. The van der Waals surface area contributed by atoms with Crippen molar-refractivity contribution in [3.8, 4) is 0 Å². The van der Waals surface area contributed by atoms with Crippen molar-refractivity contribution in [2.24, 2.45) is 0 Å². The number of carbonyl (C=O) groups is 2. The summed E-state index contributed by atoms with van der Waals surface area (Å²) in [6.45, 7) is 3.09. The van der Waals surface area contributed by atoms with Gasteiger partial charge in [0.1, 0.15) is 43.2 Å². The van der Waals surface area contributed by atoms with Gasteiger partial charge in [0.05, 0.1) is 6.61 Å². The molecular weight excluding hydrogens is 858 g/mol. The zero-order valence-electron chi connectivity index (χ0n) is 38.3. The SMILES string of the molecule is CCCCCCCC/C=C\CCCCCCCC(=O)OC[C@H](COP(=O)(O)O[C@H]1C(O)C(O)C(O)[C@@H](OP(=O)(O)O)C1O)OC(=O)CCCCCCC/C=C\CCCCCCCC. The van der Waals surface area contributed by atoms with Crippen LogP contribution in [0.25, 0.3) is 0 Å². The zero-order chi connectivity index (χ0) is 46.8. The Kier molecular flexibility index (Phi) is 34.5. The van der Waals surface area contributed by atoms with Crippen molar-refractivity contribution in [2.75, 3.05) is 13.2 Å². The van der Waals surface area contributed by atoms with Crippen LogP contribution in [0, 0.1) is 0 Å². The van der Waals surface area contributed by atoms with E-state index in [1.807, 2.05) is 0 Å². The normalized spacial score (nSPS) is 22.1. The Labute approximate surface area is 377 Å². The standard InChI is InChI=1S/C45H84O16P2/c1-3-5-7-9-11-13-15-17-19-21-23-25-27-29-31-33-38(46)57-35-37(59-39(47)34-32-30-28-26-24-22-20-18-16-14-12-10-8-6-4-2)36-58-63(55,56)61-45-42(50)40(48)41(49)44(43(45)51)60-62(52,53)54/h17-20,37,40-45,48-51H,3-16,21-36H2,1-2H3,(H,55,56)(H2,52,53,54)/b19-17-,20-18-/t37-,40?,41?,42?,43?,44-,45+/m1/s1. The number of rotatable bonds is 40. The van der Waals surface area contributed by atoms with Crippen molar-refractivity contribution < 1.29 is 76.9 Å². The Morgan fingerprint density at radius 1 is 0.492 bits per heavy atom. The van der Waals surface area contributed by atoms with Gasteiger partial charge in [0, 0.05) is 12.8 Å². The molecular formula is C45H84O16P2. The van der Waals surface area contributed by atoms with Gasteiger partial charge < -0.3 is 44.6 Å². The number of phosphoric acid groups is 2. The molecule has 16 nitrogen and oxygen atoms in total. The fraction of sp³-hybridized carbons (Fsp3) is 0.867. The summed E-state index contributed by atoms with van der Waals surface area (Å²) in [7, 11) is -10.7. The maximum Gasteiger partial charge on any atom is 0.472 e. The van der Waals surface area contributed by atoms with Gasteiger partial charge in [0.2, 0.25) is 0 Å². The lowest BCUT2D eigenvalue weighted by Gasteiger charge is -2.43. The second kappa shape index (κ2) is 36.6. The minimum absolute atomic E-state index is 0.0342. The molecule has 0 heterocycles. The number of hydrogen-bond donors (Lipinski definition) is 7. The van der Waals surface area contributed by atoms with Crippen LogP contribution in [-0.4, -0.2) is 103 Å². The molecule has 0 aromatic rings. The predicted molar refractivity (Wildman–Crippen MR) is 241 cm³/mol. The Hall–Kier alpha value is -1.52. The lowest BCUT2D eigenvalue weighted by atomic mass is 9.85. The summed E-state index contributed by atoms with van der Waals surface area (Å²) in [6.07, 6.45) is 22.8. The molecule has 0 aromatic heterocycles. The summed E-state index contributed by atoms with van der Waals surface area (Å²) < 4.78 is 49.4. The molecule has 0 aliphatic heterocycles. The number of esters is 2. The molecule has 1 saturated carbocycles. The van der Waals surface area contributed by atoms with Crippen molar-refractivity contribution in [2.45, 2.75) is 236 Å². The molecule has 1 aliphatic rings. The van der Waals surface area contributed by atoms with E-state index in [1.54, 1.807) is 0 Å². The Morgan fingerprint density at radius 3 is 1.30 bits per heavy atom. The first-order valence-electron chi connectivity index (χ1n) is 23.9. The fourth-order valence-corrected chi connectivity index (χ4v) is 8.79. The van der Waals surface area contributed by atoms with Gasteiger partial charge in [-0.15, -0.1) is 0 Å². The molecule has 0 aromatic carbocycles. The van der Waals surface area contributed by atoms with E-state index in [9.17, 15) is 44.0 Å². The highest BCUT2D eigenvalue weighted by Crippen LogP contribution is 2.49. The summed E-state index contributed by atoms with van der Waals surface area (Å²) in [6, 6.07) is 0. The summed E-state index contributed by atoms with van der Waals surface area (Å²) in [5, 5.41) is 41.2. The van der Waals surface area contributed by atoms with Gasteiger partial charge in [-0.2, -0.15) is 0 Å². The van der Waals surface area contributed by atoms with Crippen LogP contribution in [0.15, 0.2) is 24.3 Å². The van der Waals surface area contributed by atoms with E-state index < -0.39 is 83.5 Å². The van der Waals surface area contributed by atoms with Crippen LogP contribution >= 0.6 is 15.6 Å². The van der Waals surface area contributed by atoms with Gasteiger partial charge in [-0.3, -0.25) is 23.2 Å². The predicted octanol–water partition coefficient (Wildman–Crippen LogP) is 8.95. The monoisotopic (exact) mass is 943 g/mol. The Morgan fingerprint density at radius 2 is 0.873 bits per heavy atom. The van der Waals surface area contributed by atoms with Crippen LogP contribution in [0.3, 0.4) is 0 Å². The largest absolute Gasteiger partial charge is 0.472 e. The molecule has 0 amide bonds. The van der Waals surface area contributed by atoms with Crippen LogP contribution in [-0.2, 0) is 41.8 Å². The highest BCUT2D eigenvalue weighted by molar-refractivity contribution is 7.47. The lowest BCUT2D eigenvalue weighted by Crippen LogP contribution is -2.64. The number of aliphatic hydroxyl groups excluding tert-OH is 4. The first kappa shape index (κ1) is 59.5. The van der Waals surface area contributed by atoms with Crippen molar-refractivity contribution in [1.82, 2.24) is 0 Å². The molecule has 1 aliphatic carbocycles. The number of allylic oxidation sites excluding steroid dienone is 4. The molecule has 1 rings (SSSR count). The summed E-state index contributed by atoms with van der Waals surface area (Å²) in [5.41, 5.74) is 0. The van der Waals surface area contributed by atoms with Crippen LogP contribution in [0.2, 0.25) is 0 Å². The molecule has 0 spiro atoms. The van der Waals surface area contributed by atoms with Gasteiger partial charge >= 0.3 is 27.6 Å². The summed E-state index contributed by atoms with van der Waals surface area (Å²) >= 11 is 0. The van der Waals surface area contributed by atoms with Crippen molar-refractivity contribution >= 4 is 27.6 Å². The van der Waals surface area contributed by atoms with Crippen molar-refractivity contribution in [3.63, 3.8) is 0 Å². The Bertz CT molecular complexity index is 1330. The van der Waals surface area contributed by atoms with E-state index in [4.69, 9.17) is 28.3 Å². The minimum atomic E-state index is -5.36. The summed E-state index contributed by atoms with van der Waals surface area (Å²) in [4.78, 5) is 54.2. The van der Waals surface area contributed by atoms with Crippen LogP contribution in [0.1, 0.15) is 194 Å². The van der Waals surface area contributed by atoms with Crippen LogP contribution in [0.5, 0.6) is 0 Å².